The van der Waals surface area contributed by atoms with E-state index in [9.17, 15) is 9.59 Å². The van der Waals surface area contributed by atoms with Gasteiger partial charge in [-0.1, -0.05) is 35.9 Å². The second-order valence-corrected chi connectivity index (χ2v) is 6.55. The third-order valence-corrected chi connectivity index (χ3v) is 4.62. The average molecular weight is 338 g/mol. The van der Waals surface area contributed by atoms with Crippen LogP contribution in [0.5, 0.6) is 0 Å². The highest BCUT2D eigenvalue weighted by molar-refractivity contribution is 5.93. The zero-order valence-electron chi connectivity index (χ0n) is 14.4. The molecule has 2 aromatic rings. The molecule has 3 rings (SSSR count). The summed E-state index contributed by atoms with van der Waals surface area (Å²) in [4.78, 5) is 29.7. The van der Waals surface area contributed by atoms with Crippen molar-refractivity contribution in [3.05, 3.63) is 59.3 Å². The lowest BCUT2D eigenvalue weighted by Gasteiger charge is -2.21. The van der Waals surface area contributed by atoms with Crippen molar-refractivity contribution in [2.24, 2.45) is 5.73 Å². The number of urea groups is 1. The predicted octanol–water partition coefficient (Wildman–Crippen LogP) is 2.90. The third-order valence-electron chi connectivity index (χ3n) is 4.62. The van der Waals surface area contributed by atoms with Crippen LogP contribution in [0, 0.1) is 6.92 Å². The second kappa shape index (κ2) is 6.93. The van der Waals surface area contributed by atoms with Crippen LogP contribution in [0.3, 0.4) is 0 Å². The van der Waals surface area contributed by atoms with Gasteiger partial charge in [-0.2, -0.15) is 0 Å². The lowest BCUT2D eigenvalue weighted by Crippen LogP contribution is -2.37. The van der Waals surface area contributed by atoms with Gasteiger partial charge in [0.1, 0.15) is 11.5 Å². The summed E-state index contributed by atoms with van der Waals surface area (Å²) in [5.74, 6) is 0.0311. The maximum Gasteiger partial charge on any atom is 0.323 e. The number of anilines is 1. The highest BCUT2D eigenvalue weighted by Crippen LogP contribution is 2.32. The van der Waals surface area contributed by atoms with E-state index in [-0.39, 0.29) is 17.8 Å². The highest BCUT2D eigenvalue weighted by atomic mass is 16.2. The van der Waals surface area contributed by atoms with Crippen molar-refractivity contribution < 1.29 is 9.59 Å². The van der Waals surface area contributed by atoms with Crippen LogP contribution in [0.25, 0.3) is 0 Å². The summed E-state index contributed by atoms with van der Waals surface area (Å²) in [5.41, 5.74) is 7.83. The molecule has 1 saturated heterocycles. The highest BCUT2D eigenvalue weighted by Gasteiger charge is 2.33. The Morgan fingerprint density at radius 3 is 2.60 bits per heavy atom. The van der Waals surface area contributed by atoms with E-state index in [0.29, 0.717) is 18.3 Å². The number of aromatic nitrogens is 1. The van der Waals surface area contributed by atoms with Crippen LogP contribution in [0.2, 0.25) is 0 Å². The van der Waals surface area contributed by atoms with Crippen LogP contribution in [-0.2, 0) is 0 Å². The molecule has 0 bridgehead atoms. The van der Waals surface area contributed by atoms with Gasteiger partial charge in [-0.05, 0) is 38.0 Å². The summed E-state index contributed by atoms with van der Waals surface area (Å²) < 4.78 is 0. The van der Waals surface area contributed by atoms with Gasteiger partial charge in [0.25, 0.3) is 5.91 Å². The van der Waals surface area contributed by atoms with Gasteiger partial charge in [-0.15, -0.1) is 0 Å². The van der Waals surface area contributed by atoms with Crippen LogP contribution in [-0.4, -0.2) is 34.4 Å². The monoisotopic (exact) mass is 338 g/mol. The van der Waals surface area contributed by atoms with Gasteiger partial charge in [0.05, 0.1) is 0 Å². The summed E-state index contributed by atoms with van der Waals surface area (Å²) in [6.45, 7) is 4.76. The number of likely N-dealkylation sites (tertiary alicyclic amines) is 1. The van der Waals surface area contributed by atoms with E-state index < -0.39 is 5.91 Å². The third kappa shape index (κ3) is 3.79. The molecule has 0 spiro atoms. The topological polar surface area (TPSA) is 88.3 Å². The van der Waals surface area contributed by atoms with E-state index in [0.717, 1.165) is 6.42 Å². The van der Waals surface area contributed by atoms with E-state index >= 15 is 0 Å². The summed E-state index contributed by atoms with van der Waals surface area (Å²) in [7, 11) is 0. The lowest BCUT2D eigenvalue weighted by atomic mass is 9.96. The normalized spacial score (nSPS) is 19.7. The number of pyridine rings is 1. The first-order valence-electron chi connectivity index (χ1n) is 8.35. The fourth-order valence-corrected chi connectivity index (χ4v) is 3.22. The Morgan fingerprint density at radius 1 is 1.20 bits per heavy atom. The average Bonchev–Trinajstić information content (AvgIpc) is 2.97. The van der Waals surface area contributed by atoms with Crippen molar-refractivity contribution in [1.82, 2.24) is 9.88 Å². The minimum Gasteiger partial charge on any atom is -0.364 e. The molecule has 3 amide bonds. The molecule has 25 heavy (non-hydrogen) atoms. The number of primary amides is 1. The van der Waals surface area contributed by atoms with Crippen LogP contribution in [0.15, 0.2) is 42.5 Å². The number of nitrogens with one attached hydrogen (secondary N) is 1. The van der Waals surface area contributed by atoms with Gasteiger partial charge in [0.15, 0.2) is 0 Å². The molecule has 0 aliphatic carbocycles. The van der Waals surface area contributed by atoms with Gasteiger partial charge in [0, 0.05) is 18.5 Å². The molecule has 1 aromatic carbocycles. The molecule has 6 heteroatoms. The maximum absolute atomic E-state index is 12.6. The smallest absolute Gasteiger partial charge is 0.323 e. The Kier molecular flexibility index (Phi) is 4.70. The van der Waals surface area contributed by atoms with Crippen molar-refractivity contribution in [3.63, 3.8) is 0 Å². The van der Waals surface area contributed by atoms with Crippen LogP contribution >= 0.6 is 0 Å². The molecule has 1 aromatic heterocycles. The molecule has 3 N–H and O–H groups in total. The molecular formula is C19H22N4O2. The van der Waals surface area contributed by atoms with Crippen molar-refractivity contribution in [2.75, 3.05) is 11.9 Å². The quantitative estimate of drug-likeness (QED) is 0.902. The van der Waals surface area contributed by atoms with Gasteiger partial charge in [-0.3, -0.25) is 10.1 Å². The summed E-state index contributed by atoms with van der Waals surface area (Å²) >= 11 is 0. The molecule has 1 aliphatic rings. The molecule has 2 heterocycles. The molecule has 1 aliphatic heterocycles. The molecule has 1 fully saturated rings. The van der Waals surface area contributed by atoms with Crippen molar-refractivity contribution in [1.29, 1.82) is 0 Å². The van der Waals surface area contributed by atoms with Crippen LogP contribution in [0.1, 0.15) is 40.9 Å². The Morgan fingerprint density at radius 2 is 1.92 bits per heavy atom. The zero-order chi connectivity index (χ0) is 18.0. The van der Waals surface area contributed by atoms with E-state index in [4.69, 9.17) is 5.73 Å². The number of nitrogens with zero attached hydrogens (tertiary/aromatic N) is 2. The second-order valence-electron chi connectivity index (χ2n) is 6.55. The molecule has 2 atom stereocenters. The Bertz CT molecular complexity index is 788. The predicted molar refractivity (Wildman–Crippen MR) is 96.5 cm³/mol. The molecule has 0 radical (unpaired) electrons. The lowest BCUT2D eigenvalue weighted by molar-refractivity contribution is 0.0995. The minimum absolute atomic E-state index is 0.129. The summed E-state index contributed by atoms with van der Waals surface area (Å²) in [5, 5.41) is 2.76. The number of carbonyl (C=O) groups excluding carboxylic acids is 2. The maximum atomic E-state index is 12.6. The van der Waals surface area contributed by atoms with Crippen LogP contribution in [0.4, 0.5) is 10.6 Å². The van der Waals surface area contributed by atoms with E-state index in [1.807, 2.05) is 11.8 Å². The van der Waals surface area contributed by atoms with E-state index in [1.165, 1.54) is 17.2 Å². The zero-order valence-corrected chi connectivity index (χ0v) is 14.4. The molecule has 0 saturated carbocycles. The van der Waals surface area contributed by atoms with E-state index in [1.54, 1.807) is 12.1 Å². The first-order valence-corrected chi connectivity index (χ1v) is 8.35. The summed E-state index contributed by atoms with van der Waals surface area (Å²) in [6, 6.07) is 13.2. The molecular weight excluding hydrogens is 316 g/mol. The van der Waals surface area contributed by atoms with Crippen molar-refractivity contribution in [3.8, 4) is 0 Å². The largest absolute Gasteiger partial charge is 0.364 e. The number of rotatable bonds is 3. The number of hydrogen-bond acceptors (Lipinski definition) is 3. The Balaban J connectivity index is 1.69. The number of aryl methyl sites for hydroxylation is 1. The van der Waals surface area contributed by atoms with Crippen LogP contribution < -0.4 is 11.1 Å². The molecule has 6 nitrogen and oxygen atoms in total. The Hall–Kier alpha value is -2.89. The number of carbonyl (C=O) groups is 2. The number of nitrogens with two attached hydrogens (primary N) is 1. The standard InChI is InChI=1S/C19H22N4O2/c1-12-6-8-14(9-7-12)15-10-13(2)23(11-15)19(25)22-17-5-3-4-16(21-17)18(20)24/h3-9,13,15H,10-11H2,1-2H3,(H2,20,24)(H,21,22,25). The first-order chi connectivity index (χ1) is 11.9. The minimum atomic E-state index is -0.620. The molecule has 130 valence electrons. The van der Waals surface area contributed by atoms with E-state index in [2.05, 4.69) is 41.5 Å². The first kappa shape index (κ1) is 17.0. The number of amides is 3. The molecule has 2 unspecified atom stereocenters. The number of hydrogen-bond donors (Lipinski definition) is 2. The van der Waals surface area contributed by atoms with Gasteiger partial charge in [-0.25, -0.2) is 9.78 Å². The van der Waals surface area contributed by atoms with Gasteiger partial charge < -0.3 is 10.6 Å². The van der Waals surface area contributed by atoms with Crippen molar-refractivity contribution in [2.45, 2.75) is 32.2 Å². The Labute approximate surface area is 147 Å². The van der Waals surface area contributed by atoms with Gasteiger partial charge in [0.2, 0.25) is 0 Å². The number of benzene rings is 1. The van der Waals surface area contributed by atoms with Gasteiger partial charge >= 0.3 is 6.03 Å². The fraction of sp³-hybridized carbons (Fsp3) is 0.316. The fourth-order valence-electron chi connectivity index (χ4n) is 3.22. The summed E-state index contributed by atoms with van der Waals surface area (Å²) in [6.07, 6.45) is 0.922. The van der Waals surface area contributed by atoms with Crippen molar-refractivity contribution >= 4 is 17.8 Å². The SMILES string of the molecule is Cc1ccc(C2CC(C)N(C(=O)Nc3cccc(C(N)=O)n3)C2)cc1.